The maximum atomic E-state index is 11.5. The molecule has 0 aliphatic carbocycles. The van der Waals surface area contributed by atoms with Crippen molar-refractivity contribution in [1.29, 1.82) is 0 Å². The van der Waals surface area contributed by atoms with Gasteiger partial charge in [-0.1, -0.05) is 36.4 Å². The molecule has 0 aromatic carbocycles. The second kappa shape index (κ2) is 4.60. The molecule has 0 aromatic rings. The van der Waals surface area contributed by atoms with Crippen molar-refractivity contribution in [2.45, 2.75) is 43.1 Å². The Bertz CT molecular complexity index is 168. The second-order valence-electron chi connectivity index (χ2n) is 3.48. The van der Waals surface area contributed by atoms with Gasteiger partial charge in [-0.25, -0.2) is 0 Å². The number of hydrogen-bond acceptors (Lipinski definition) is 2. The zero-order chi connectivity index (χ0) is 9.94. The summed E-state index contributed by atoms with van der Waals surface area (Å²) in [5.74, 6) is 0.0387. The Labute approximate surface area is 89.4 Å². The van der Waals surface area contributed by atoms with E-state index in [4.69, 9.17) is 7.85 Å². The van der Waals surface area contributed by atoms with Crippen LogP contribution in [0.4, 0.5) is 0 Å². The Morgan fingerprint density at radius 3 is 2.17 bits per heavy atom. The van der Waals surface area contributed by atoms with Crippen molar-refractivity contribution < 1.29 is 4.79 Å². The number of Topliss-reactive ketones (excluding diaryl/α,β-unsaturated/α-hetero) is 1. The third-order valence-electron chi connectivity index (χ3n) is 1.46. The number of halogens is 1. The van der Waals surface area contributed by atoms with Crippen LogP contribution in [0.5, 0.6) is 0 Å². The lowest BCUT2D eigenvalue weighted by molar-refractivity contribution is -0.121. The second-order valence-corrected chi connectivity index (χ2v) is 5.35. The van der Waals surface area contributed by atoms with Gasteiger partial charge in [0, 0.05) is 11.5 Å². The van der Waals surface area contributed by atoms with Gasteiger partial charge in [0.25, 0.3) is 0 Å². The van der Waals surface area contributed by atoms with Crippen molar-refractivity contribution in [3.63, 3.8) is 0 Å². The van der Waals surface area contributed by atoms with Gasteiger partial charge in [0.15, 0.2) is 5.78 Å². The van der Waals surface area contributed by atoms with Crippen LogP contribution >= 0.6 is 22.6 Å². The molecule has 0 fully saturated rings. The van der Waals surface area contributed by atoms with Crippen LogP contribution in [0.25, 0.3) is 0 Å². The van der Waals surface area contributed by atoms with Gasteiger partial charge >= 0.3 is 0 Å². The smallest absolute Gasteiger partial charge is 0.155 e. The minimum atomic E-state index is -0.894. The Morgan fingerprint density at radius 2 is 1.92 bits per heavy atom. The van der Waals surface area contributed by atoms with Gasteiger partial charge in [0.2, 0.25) is 0 Å². The Kier molecular flexibility index (Phi) is 4.77. The molecule has 1 N–H and O–H groups in total. The first-order valence-corrected chi connectivity index (χ1v) is 5.27. The molecule has 0 rings (SSSR count). The van der Waals surface area contributed by atoms with Crippen LogP contribution in [0.2, 0.25) is 0 Å². The molecule has 0 bridgehead atoms. The molecule has 0 heterocycles. The summed E-state index contributed by atoms with van der Waals surface area (Å²) in [7, 11) is 5.80. The SMILES string of the molecule is [B][C@@](C)(NC(C)C)C(=O)C(C)I. The molecular weight excluding hydrogens is 264 g/mol. The highest BCUT2D eigenvalue weighted by Gasteiger charge is 2.29. The van der Waals surface area contributed by atoms with Gasteiger partial charge in [-0.05, 0) is 13.8 Å². The molecule has 0 saturated carbocycles. The fraction of sp³-hybridized carbons (Fsp3) is 0.875. The number of hydrogen-bond donors (Lipinski definition) is 1. The normalized spacial score (nSPS) is 18.8. The minimum Gasteiger partial charge on any atom is -0.311 e. The highest BCUT2D eigenvalue weighted by atomic mass is 127. The lowest BCUT2D eigenvalue weighted by atomic mass is 9.74. The van der Waals surface area contributed by atoms with E-state index in [1.165, 1.54) is 0 Å². The highest BCUT2D eigenvalue weighted by molar-refractivity contribution is 14.1. The van der Waals surface area contributed by atoms with Crippen molar-refractivity contribution in [3.8, 4) is 0 Å². The van der Waals surface area contributed by atoms with E-state index in [-0.39, 0.29) is 15.7 Å². The maximum Gasteiger partial charge on any atom is 0.155 e. The van der Waals surface area contributed by atoms with Crippen LogP contribution in [0.1, 0.15) is 27.7 Å². The van der Waals surface area contributed by atoms with Crippen molar-refractivity contribution in [1.82, 2.24) is 5.32 Å². The van der Waals surface area contributed by atoms with Crippen LogP contribution in [-0.4, -0.2) is 29.0 Å². The minimum absolute atomic E-state index is 0.0387. The van der Waals surface area contributed by atoms with E-state index >= 15 is 0 Å². The largest absolute Gasteiger partial charge is 0.311 e. The van der Waals surface area contributed by atoms with E-state index in [9.17, 15) is 4.79 Å². The van der Waals surface area contributed by atoms with Crippen LogP contribution in [0.3, 0.4) is 0 Å². The van der Waals surface area contributed by atoms with E-state index in [1.54, 1.807) is 6.92 Å². The first-order chi connectivity index (χ1) is 5.27. The number of alkyl halides is 1. The summed E-state index contributed by atoms with van der Waals surface area (Å²) in [6.07, 6.45) is 0. The average molecular weight is 279 g/mol. The van der Waals surface area contributed by atoms with Crippen molar-refractivity contribution in [3.05, 3.63) is 0 Å². The summed E-state index contributed by atoms with van der Waals surface area (Å²) >= 11 is 2.07. The molecule has 4 heteroatoms. The van der Waals surface area contributed by atoms with Crippen LogP contribution in [0.15, 0.2) is 0 Å². The van der Waals surface area contributed by atoms with Gasteiger partial charge in [-0.3, -0.25) is 4.79 Å². The van der Waals surface area contributed by atoms with Crippen LogP contribution in [0, 0.1) is 0 Å². The van der Waals surface area contributed by atoms with Crippen LogP contribution < -0.4 is 5.32 Å². The molecule has 68 valence electrons. The molecule has 0 aromatic heterocycles. The first kappa shape index (κ1) is 12.4. The first-order valence-electron chi connectivity index (χ1n) is 4.02. The molecule has 0 aliphatic rings. The van der Waals surface area contributed by atoms with E-state index in [2.05, 4.69) is 27.9 Å². The monoisotopic (exact) mass is 279 g/mol. The molecule has 2 nitrogen and oxygen atoms in total. The van der Waals surface area contributed by atoms with Gasteiger partial charge < -0.3 is 5.32 Å². The van der Waals surface area contributed by atoms with E-state index in [0.717, 1.165) is 0 Å². The molecule has 2 atom stereocenters. The van der Waals surface area contributed by atoms with Gasteiger partial charge in [-0.15, -0.1) is 0 Å². The molecular formula is C8H15BINO. The molecule has 0 aliphatic heterocycles. The predicted molar refractivity (Wildman–Crippen MR) is 60.9 cm³/mol. The van der Waals surface area contributed by atoms with Crippen molar-refractivity contribution in [2.24, 2.45) is 0 Å². The Balaban J connectivity index is 4.29. The molecule has 0 spiro atoms. The summed E-state index contributed by atoms with van der Waals surface area (Å²) < 4.78 is -0.0520. The van der Waals surface area contributed by atoms with E-state index in [1.807, 2.05) is 20.8 Å². The van der Waals surface area contributed by atoms with Crippen molar-refractivity contribution >= 4 is 36.2 Å². The molecule has 2 radical (unpaired) electrons. The molecule has 0 saturated heterocycles. The molecule has 12 heavy (non-hydrogen) atoms. The predicted octanol–water partition coefficient (Wildman–Crippen LogP) is 1.26. The summed E-state index contributed by atoms with van der Waals surface area (Å²) in [6, 6.07) is 0.221. The Morgan fingerprint density at radius 1 is 1.50 bits per heavy atom. The number of nitrogens with one attached hydrogen (secondary N) is 1. The van der Waals surface area contributed by atoms with E-state index in [0.29, 0.717) is 0 Å². The number of ketones is 1. The topological polar surface area (TPSA) is 29.1 Å². The average Bonchev–Trinajstić information content (AvgIpc) is 1.82. The van der Waals surface area contributed by atoms with E-state index < -0.39 is 5.44 Å². The summed E-state index contributed by atoms with van der Waals surface area (Å²) in [5.41, 5.74) is -0.894. The standard InChI is InChI=1S/C8H15BINO/c1-5(2)11-8(4,9)7(12)6(3)10/h5-6,11H,1-4H3/t6?,8-/m0/s1. The fourth-order valence-electron chi connectivity index (χ4n) is 1.08. The number of rotatable bonds is 4. The lowest BCUT2D eigenvalue weighted by Crippen LogP contribution is -2.55. The molecule has 1 unspecified atom stereocenters. The third kappa shape index (κ3) is 3.89. The van der Waals surface area contributed by atoms with Gasteiger partial charge in [0.05, 0.1) is 3.92 Å². The molecule has 0 amide bonds. The summed E-state index contributed by atoms with van der Waals surface area (Å²) in [5, 5.41) is 3.02. The number of carbonyl (C=O) groups excluding carboxylic acids is 1. The lowest BCUT2D eigenvalue weighted by Gasteiger charge is -2.29. The Hall–Kier alpha value is 0.425. The van der Waals surface area contributed by atoms with Gasteiger partial charge in [0.1, 0.15) is 7.85 Å². The van der Waals surface area contributed by atoms with Gasteiger partial charge in [-0.2, -0.15) is 0 Å². The zero-order valence-corrected chi connectivity index (χ0v) is 10.2. The number of carbonyl (C=O) groups is 1. The van der Waals surface area contributed by atoms with Crippen molar-refractivity contribution in [2.75, 3.05) is 0 Å². The third-order valence-corrected chi connectivity index (χ3v) is 2.03. The van der Waals surface area contributed by atoms with Crippen LogP contribution in [-0.2, 0) is 4.79 Å². The maximum absolute atomic E-state index is 11.5. The summed E-state index contributed by atoms with van der Waals surface area (Å²) in [6.45, 7) is 7.49. The zero-order valence-electron chi connectivity index (χ0n) is 8.02. The summed E-state index contributed by atoms with van der Waals surface area (Å²) in [4.78, 5) is 11.5. The quantitative estimate of drug-likeness (QED) is 0.477. The fourth-order valence-corrected chi connectivity index (χ4v) is 1.73. The highest BCUT2D eigenvalue weighted by Crippen LogP contribution is 2.10.